The first kappa shape index (κ1) is 22.1. The van der Waals surface area contributed by atoms with E-state index in [1.165, 1.54) is 5.56 Å². The van der Waals surface area contributed by atoms with E-state index in [-0.39, 0.29) is 24.7 Å². The second kappa shape index (κ2) is 11.0. The number of rotatable bonds is 5. The Labute approximate surface area is 185 Å². The first-order valence-electron chi connectivity index (χ1n) is 11.7. The van der Waals surface area contributed by atoms with Crippen LogP contribution in [0.15, 0.2) is 35.3 Å². The summed E-state index contributed by atoms with van der Waals surface area (Å²) in [7, 11) is 1.78. The fraction of sp³-hybridized carbons (Fsp3) is 0.667. The Bertz CT molecular complexity index is 728. The molecule has 7 heteroatoms. The molecule has 31 heavy (non-hydrogen) atoms. The SMILES string of the molecule is CN=C(NCC(=O)N1CCC(Cc2ccccc2)CC1)N1CCOC(C2CCCO2)C1. The molecule has 3 aliphatic heterocycles. The lowest BCUT2D eigenvalue weighted by atomic mass is 9.90. The van der Waals surface area contributed by atoms with Gasteiger partial charge in [0, 0.05) is 39.8 Å². The Balaban J connectivity index is 1.20. The number of morpholine rings is 1. The van der Waals surface area contributed by atoms with Gasteiger partial charge in [0.05, 0.1) is 19.3 Å². The number of hydrogen-bond donors (Lipinski definition) is 1. The summed E-state index contributed by atoms with van der Waals surface area (Å²) >= 11 is 0. The predicted molar refractivity (Wildman–Crippen MR) is 121 cm³/mol. The minimum atomic E-state index is 0.0779. The van der Waals surface area contributed by atoms with Gasteiger partial charge in [0.25, 0.3) is 0 Å². The van der Waals surface area contributed by atoms with Crippen molar-refractivity contribution < 1.29 is 14.3 Å². The van der Waals surface area contributed by atoms with E-state index < -0.39 is 0 Å². The molecular formula is C24H36N4O3. The summed E-state index contributed by atoms with van der Waals surface area (Å²) in [6, 6.07) is 10.7. The molecule has 0 spiro atoms. The summed E-state index contributed by atoms with van der Waals surface area (Å²) < 4.78 is 11.7. The van der Waals surface area contributed by atoms with Gasteiger partial charge in [-0.15, -0.1) is 0 Å². The van der Waals surface area contributed by atoms with Gasteiger partial charge in [0.2, 0.25) is 5.91 Å². The third-order valence-electron chi connectivity index (χ3n) is 6.72. The van der Waals surface area contributed by atoms with E-state index in [1.807, 2.05) is 4.90 Å². The molecular weight excluding hydrogens is 392 g/mol. The molecule has 4 rings (SSSR count). The summed E-state index contributed by atoms with van der Waals surface area (Å²) in [5, 5.41) is 3.29. The predicted octanol–water partition coefficient (Wildman–Crippen LogP) is 1.92. The van der Waals surface area contributed by atoms with E-state index in [9.17, 15) is 4.79 Å². The van der Waals surface area contributed by atoms with Gasteiger partial charge in [-0.05, 0) is 43.6 Å². The van der Waals surface area contributed by atoms with Crippen LogP contribution in [0.3, 0.4) is 0 Å². The zero-order valence-corrected chi connectivity index (χ0v) is 18.7. The van der Waals surface area contributed by atoms with E-state index in [2.05, 4.69) is 45.5 Å². The van der Waals surface area contributed by atoms with Crippen molar-refractivity contribution in [2.45, 2.75) is 44.3 Å². The lowest BCUT2D eigenvalue weighted by Gasteiger charge is -2.37. The van der Waals surface area contributed by atoms with E-state index in [0.717, 1.165) is 70.8 Å². The standard InChI is InChI=1S/C24H36N4O3/c1-25-24(28-13-15-31-22(18-28)21-8-5-14-30-21)26-17-23(29)27-11-9-20(10-12-27)16-19-6-3-2-4-7-19/h2-4,6-7,20-22H,5,8-18H2,1H3,(H,25,26). The van der Waals surface area contributed by atoms with E-state index in [4.69, 9.17) is 9.47 Å². The third-order valence-corrected chi connectivity index (χ3v) is 6.72. The second-order valence-electron chi connectivity index (χ2n) is 8.82. The number of hydrogen-bond acceptors (Lipinski definition) is 4. The normalized spacial score (nSPS) is 25.6. The van der Waals surface area contributed by atoms with Crippen molar-refractivity contribution in [3.63, 3.8) is 0 Å². The number of benzene rings is 1. The Morgan fingerprint density at radius 1 is 1.03 bits per heavy atom. The number of ether oxygens (including phenoxy) is 2. The number of guanidine groups is 1. The highest BCUT2D eigenvalue weighted by atomic mass is 16.5. The van der Waals surface area contributed by atoms with Gasteiger partial charge in [-0.1, -0.05) is 30.3 Å². The number of nitrogens with zero attached hydrogens (tertiary/aromatic N) is 3. The maximum Gasteiger partial charge on any atom is 0.241 e. The van der Waals surface area contributed by atoms with Crippen LogP contribution in [0.4, 0.5) is 0 Å². The Morgan fingerprint density at radius 3 is 2.52 bits per heavy atom. The van der Waals surface area contributed by atoms with Crippen LogP contribution in [0.1, 0.15) is 31.2 Å². The van der Waals surface area contributed by atoms with E-state index in [1.54, 1.807) is 7.05 Å². The molecule has 3 fully saturated rings. The minimum Gasteiger partial charge on any atom is -0.375 e. The Kier molecular flexibility index (Phi) is 7.81. The van der Waals surface area contributed by atoms with Crippen LogP contribution in [-0.4, -0.2) is 86.9 Å². The van der Waals surface area contributed by atoms with Crippen LogP contribution in [0.5, 0.6) is 0 Å². The summed E-state index contributed by atoms with van der Waals surface area (Å²) in [5.74, 6) is 1.59. The maximum absolute atomic E-state index is 12.8. The minimum absolute atomic E-state index is 0.0779. The molecule has 1 amide bonds. The highest BCUT2D eigenvalue weighted by Gasteiger charge is 2.32. The molecule has 170 valence electrons. The number of aliphatic imine (C=N–C) groups is 1. The van der Waals surface area contributed by atoms with Gasteiger partial charge in [-0.25, -0.2) is 0 Å². The van der Waals surface area contributed by atoms with Crippen molar-refractivity contribution in [2.24, 2.45) is 10.9 Å². The highest BCUT2D eigenvalue weighted by Crippen LogP contribution is 2.22. The third kappa shape index (κ3) is 5.98. The molecule has 2 atom stereocenters. The fourth-order valence-electron chi connectivity index (χ4n) is 4.92. The number of amides is 1. The number of carbonyl (C=O) groups is 1. The average Bonchev–Trinajstić information content (AvgIpc) is 3.36. The first-order valence-corrected chi connectivity index (χ1v) is 11.7. The lowest BCUT2D eigenvalue weighted by Crippen LogP contribution is -2.54. The van der Waals surface area contributed by atoms with Gasteiger partial charge in [0.1, 0.15) is 6.10 Å². The summed E-state index contributed by atoms with van der Waals surface area (Å²) in [5.41, 5.74) is 1.39. The van der Waals surface area contributed by atoms with Gasteiger partial charge < -0.3 is 24.6 Å². The summed E-state index contributed by atoms with van der Waals surface area (Å²) in [6.45, 7) is 5.00. The van der Waals surface area contributed by atoms with Crippen LogP contribution in [0, 0.1) is 5.92 Å². The largest absolute Gasteiger partial charge is 0.375 e. The van der Waals surface area contributed by atoms with Crippen LogP contribution in [0.2, 0.25) is 0 Å². The van der Waals surface area contributed by atoms with Gasteiger partial charge >= 0.3 is 0 Å². The molecule has 2 unspecified atom stereocenters. The molecule has 3 aliphatic rings. The number of carbonyl (C=O) groups excluding carboxylic acids is 1. The topological polar surface area (TPSA) is 66.4 Å². The van der Waals surface area contributed by atoms with Crippen molar-refractivity contribution in [1.82, 2.24) is 15.1 Å². The van der Waals surface area contributed by atoms with Gasteiger partial charge in [-0.2, -0.15) is 0 Å². The zero-order chi connectivity index (χ0) is 21.5. The van der Waals surface area contributed by atoms with Crippen LogP contribution >= 0.6 is 0 Å². The van der Waals surface area contributed by atoms with Crippen LogP contribution in [0.25, 0.3) is 0 Å². The molecule has 1 N–H and O–H groups in total. The molecule has 1 aromatic rings. The monoisotopic (exact) mass is 428 g/mol. The molecule has 7 nitrogen and oxygen atoms in total. The first-order chi connectivity index (χ1) is 15.2. The number of likely N-dealkylation sites (tertiary alicyclic amines) is 1. The molecule has 3 heterocycles. The molecule has 0 saturated carbocycles. The van der Waals surface area contributed by atoms with Crippen molar-refractivity contribution in [3.8, 4) is 0 Å². The van der Waals surface area contributed by atoms with E-state index >= 15 is 0 Å². The Hall–Kier alpha value is -2.12. The molecule has 0 bridgehead atoms. The van der Waals surface area contributed by atoms with Crippen molar-refractivity contribution >= 4 is 11.9 Å². The molecule has 3 saturated heterocycles. The van der Waals surface area contributed by atoms with Crippen molar-refractivity contribution in [2.75, 3.05) is 53.0 Å². The highest BCUT2D eigenvalue weighted by molar-refractivity contribution is 5.86. The Morgan fingerprint density at radius 2 is 1.81 bits per heavy atom. The van der Waals surface area contributed by atoms with Gasteiger partial charge in [-0.3, -0.25) is 9.79 Å². The average molecular weight is 429 g/mol. The van der Waals surface area contributed by atoms with E-state index in [0.29, 0.717) is 12.5 Å². The summed E-state index contributed by atoms with van der Waals surface area (Å²) in [6.07, 6.45) is 5.67. The molecule has 0 aliphatic carbocycles. The van der Waals surface area contributed by atoms with Gasteiger partial charge in [0.15, 0.2) is 5.96 Å². The number of piperidine rings is 1. The second-order valence-corrected chi connectivity index (χ2v) is 8.82. The quantitative estimate of drug-likeness (QED) is 0.573. The summed E-state index contributed by atoms with van der Waals surface area (Å²) in [4.78, 5) is 21.4. The van der Waals surface area contributed by atoms with Crippen molar-refractivity contribution in [3.05, 3.63) is 35.9 Å². The van der Waals surface area contributed by atoms with Crippen molar-refractivity contribution in [1.29, 1.82) is 0 Å². The van der Waals surface area contributed by atoms with Crippen LogP contribution < -0.4 is 5.32 Å². The fourth-order valence-corrected chi connectivity index (χ4v) is 4.92. The molecule has 1 aromatic carbocycles. The smallest absolute Gasteiger partial charge is 0.241 e. The molecule has 0 aromatic heterocycles. The van der Waals surface area contributed by atoms with Crippen LogP contribution in [-0.2, 0) is 20.7 Å². The zero-order valence-electron chi connectivity index (χ0n) is 18.7. The maximum atomic E-state index is 12.8. The number of nitrogens with one attached hydrogen (secondary N) is 1. The lowest BCUT2D eigenvalue weighted by molar-refractivity contribution is -0.131. The molecule has 0 radical (unpaired) electrons.